The van der Waals surface area contributed by atoms with E-state index in [0.29, 0.717) is 0 Å². The quantitative estimate of drug-likeness (QED) is 0.262. The molecule has 1 rings (SSSR count). The Morgan fingerprint density at radius 3 is 2.28 bits per heavy atom. The smallest absolute Gasteiger partial charge is 0.338 e. The van der Waals surface area contributed by atoms with Crippen LogP contribution in [0.3, 0.4) is 0 Å². The first-order chi connectivity index (χ1) is 8.20. The van der Waals surface area contributed by atoms with Gasteiger partial charge in [0.1, 0.15) is 18.3 Å². The Labute approximate surface area is 101 Å². The molecule has 0 unspecified atom stereocenters. The minimum Gasteiger partial charge on any atom is -0.479 e. The molecule has 0 bridgehead atoms. The average molecular weight is 268 g/mol. The fourth-order valence-corrected chi connectivity index (χ4v) is 1.85. The Kier molecular flexibility index (Phi) is 4.28. The van der Waals surface area contributed by atoms with Crippen molar-refractivity contribution in [3.05, 3.63) is 0 Å². The van der Waals surface area contributed by atoms with Crippen LogP contribution in [-0.4, -0.2) is 84.6 Å². The fraction of sp³-hybridized carbons (Fsp3) is 0.889. The van der Waals surface area contributed by atoms with Gasteiger partial charge < -0.3 is 40.5 Å². The van der Waals surface area contributed by atoms with Gasteiger partial charge in [0.25, 0.3) is 0 Å². The zero-order valence-electron chi connectivity index (χ0n) is 9.30. The Hall–Kier alpha value is -0.810. The highest BCUT2D eigenvalue weighted by molar-refractivity contribution is 5.78. The lowest BCUT2D eigenvalue weighted by atomic mass is 9.88. The Morgan fingerprint density at radius 2 is 1.89 bits per heavy atom. The van der Waals surface area contributed by atoms with Crippen LogP contribution in [0.2, 0.25) is 0 Å². The molecule has 0 aromatic rings. The molecule has 5 atom stereocenters. The van der Waals surface area contributed by atoms with Crippen molar-refractivity contribution < 1.29 is 45.3 Å². The van der Waals surface area contributed by atoms with E-state index >= 15 is 0 Å². The third-order valence-electron chi connectivity index (χ3n) is 2.87. The molecule has 0 aromatic carbocycles. The van der Waals surface area contributed by atoms with Crippen molar-refractivity contribution in [3.63, 3.8) is 0 Å². The van der Waals surface area contributed by atoms with Gasteiger partial charge in [-0.2, -0.15) is 0 Å². The molecule has 0 radical (unpaired) electrons. The number of hydrogen-bond acceptors (Lipinski definition) is 8. The van der Waals surface area contributed by atoms with Gasteiger partial charge in [-0.05, 0) is 0 Å². The van der Waals surface area contributed by atoms with E-state index in [9.17, 15) is 25.2 Å². The zero-order valence-corrected chi connectivity index (χ0v) is 9.30. The SMILES string of the molecule is O=C(O)[C@@]1(O)C[C@](O)(CO)O[C@@H]1[C@H](O)[C@H](O)CO. The van der Waals surface area contributed by atoms with Crippen molar-refractivity contribution in [1.82, 2.24) is 0 Å². The van der Waals surface area contributed by atoms with E-state index in [1.165, 1.54) is 0 Å². The number of carboxylic acid groups (broad SMARTS) is 1. The molecule has 9 heteroatoms. The highest BCUT2D eigenvalue weighted by Gasteiger charge is 2.62. The van der Waals surface area contributed by atoms with E-state index in [2.05, 4.69) is 0 Å². The third kappa shape index (κ3) is 2.47. The molecular formula is C9H16O9. The predicted octanol–water partition coefficient (Wildman–Crippen LogP) is -4.01. The number of carboxylic acids is 1. The van der Waals surface area contributed by atoms with Gasteiger partial charge in [0.2, 0.25) is 0 Å². The van der Waals surface area contributed by atoms with Gasteiger partial charge in [-0.25, -0.2) is 4.79 Å². The molecule has 9 nitrogen and oxygen atoms in total. The molecule has 1 saturated heterocycles. The second-order valence-corrected chi connectivity index (χ2v) is 4.29. The summed E-state index contributed by atoms with van der Waals surface area (Å²) in [4.78, 5) is 11.0. The van der Waals surface area contributed by atoms with Gasteiger partial charge in [-0.15, -0.1) is 0 Å². The Balaban J connectivity index is 3.04. The summed E-state index contributed by atoms with van der Waals surface area (Å²) in [6, 6.07) is 0. The number of hydrogen-bond donors (Lipinski definition) is 7. The van der Waals surface area contributed by atoms with Crippen LogP contribution in [0.5, 0.6) is 0 Å². The molecule has 1 fully saturated rings. The molecule has 0 spiro atoms. The number of rotatable bonds is 5. The van der Waals surface area contributed by atoms with E-state index in [1.807, 2.05) is 0 Å². The topological polar surface area (TPSA) is 168 Å². The van der Waals surface area contributed by atoms with Gasteiger partial charge in [0.05, 0.1) is 13.2 Å². The minimum atomic E-state index is -2.69. The fourth-order valence-electron chi connectivity index (χ4n) is 1.85. The number of ether oxygens (including phenoxy) is 1. The van der Waals surface area contributed by atoms with Gasteiger partial charge >= 0.3 is 5.97 Å². The summed E-state index contributed by atoms with van der Waals surface area (Å²) in [5, 5.41) is 64.7. The third-order valence-corrected chi connectivity index (χ3v) is 2.87. The van der Waals surface area contributed by atoms with Crippen molar-refractivity contribution in [2.24, 2.45) is 0 Å². The maximum absolute atomic E-state index is 11.0. The molecule has 0 aromatic heterocycles. The average Bonchev–Trinajstić information content (AvgIpc) is 2.61. The molecule has 1 aliphatic heterocycles. The zero-order chi connectivity index (χ0) is 14.1. The van der Waals surface area contributed by atoms with Crippen molar-refractivity contribution in [2.75, 3.05) is 13.2 Å². The molecule has 7 N–H and O–H groups in total. The first-order valence-electron chi connectivity index (χ1n) is 5.14. The normalized spacial score (nSPS) is 39.6. The van der Waals surface area contributed by atoms with Gasteiger partial charge in [-0.1, -0.05) is 0 Å². The molecule has 18 heavy (non-hydrogen) atoms. The summed E-state index contributed by atoms with van der Waals surface area (Å²) >= 11 is 0. The van der Waals surface area contributed by atoms with Crippen LogP contribution in [0.1, 0.15) is 6.42 Å². The van der Waals surface area contributed by atoms with Crippen molar-refractivity contribution >= 4 is 5.97 Å². The summed E-state index contributed by atoms with van der Waals surface area (Å²) in [7, 11) is 0. The highest BCUT2D eigenvalue weighted by Crippen LogP contribution is 2.39. The lowest BCUT2D eigenvalue weighted by Crippen LogP contribution is -2.55. The second-order valence-electron chi connectivity index (χ2n) is 4.29. The summed E-state index contributed by atoms with van der Waals surface area (Å²) in [5.74, 6) is -4.13. The van der Waals surface area contributed by atoms with E-state index in [-0.39, 0.29) is 0 Å². The molecule has 106 valence electrons. The monoisotopic (exact) mass is 268 g/mol. The van der Waals surface area contributed by atoms with E-state index < -0.39 is 55.3 Å². The van der Waals surface area contributed by atoms with Crippen LogP contribution in [-0.2, 0) is 9.53 Å². The Bertz CT molecular complexity index is 321. The van der Waals surface area contributed by atoms with Gasteiger partial charge in [-0.3, -0.25) is 0 Å². The lowest BCUT2D eigenvalue weighted by Gasteiger charge is -2.29. The number of aliphatic hydroxyl groups excluding tert-OH is 4. The van der Waals surface area contributed by atoms with Crippen molar-refractivity contribution in [2.45, 2.75) is 36.1 Å². The molecular weight excluding hydrogens is 252 g/mol. The van der Waals surface area contributed by atoms with Crippen molar-refractivity contribution in [3.8, 4) is 0 Å². The maximum Gasteiger partial charge on any atom is 0.338 e. The molecule has 0 saturated carbocycles. The van der Waals surface area contributed by atoms with Crippen LogP contribution < -0.4 is 0 Å². The van der Waals surface area contributed by atoms with Crippen LogP contribution in [0, 0.1) is 0 Å². The number of aliphatic hydroxyl groups is 6. The summed E-state index contributed by atoms with van der Waals surface area (Å²) in [6.45, 7) is -1.89. The number of aliphatic carboxylic acids is 1. The van der Waals surface area contributed by atoms with E-state index in [1.54, 1.807) is 0 Å². The first kappa shape index (κ1) is 15.2. The molecule has 1 aliphatic rings. The minimum absolute atomic E-state index is 0.883. The van der Waals surface area contributed by atoms with Gasteiger partial charge in [0, 0.05) is 6.42 Å². The highest BCUT2D eigenvalue weighted by atomic mass is 16.7. The van der Waals surface area contributed by atoms with Crippen LogP contribution in [0.15, 0.2) is 0 Å². The largest absolute Gasteiger partial charge is 0.479 e. The standard InChI is InChI=1S/C9H16O9/c10-1-4(12)5(13)6-9(17,7(14)15)2-8(16,3-11)18-6/h4-6,10-13,16-17H,1-3H2,(H,14,15)/t4-,5-,6-,8-,9-/m1/s1. The summed E-state index contributed by atoms with van der Waals surface area (Å²) in [6.07, 6.45) is -6.49. The van der Waals surface area contributed by atoms with E-state index in [0.717, 1.165) is 0 Å². The summed E-state index contributed by atoms with van der Waals surface area (Å²) < 4.78 is 4.71. The molecule has 0 aliphatic carbocycles. The van der Waals surface area contributed by atoms with Crippen LogP contribution >= 0.6 is 0 Å². The number of carbonyl (C=O) groups is 1. The Morgan fingerprint density at radius 1 is 1.33 bits per heavy atom. The summed E-state index contributed by atoms with van der Waals surface area (Å²) in [5.41, 5.74) is -2.69. The van der Waals surface area contributed by atoms with Crippen LogP contribution in [0.4, 0.5) is 0 Å². The molecule has 0 amide bonds. The van der Waals surface area contributed by atoms with Crippen molar-refractivity contribution in [1.29, 1.82) is 0 Å². The predicted molar refractivity (Wildman–Crippen MR) is 53.2 cm³/mol. The lowest BCUT2D eigenvalue weighted by molar-refractivity contribution is -0.238. The first-order valence-corrected chi connectivity index (χ1v) is 5.14. The molecule has 1 heterocycles. The maximum atomic E-state index is 11.0. The van der Waals surface area contributed by atoms with Crippen LogP contribution in [0.25, 0.3) is 0 Å². The van der Waals surface area contributed by atoms with E-state index in [4.69, 9.17) is 20.1 Å². The second kappa shape index (κ2) is 5.05. The van der Waals surface area contributed by atoms with Gasteiger partial charge in [0.15, 0.2) is 11.4 Å².